The van der Waals surface area contributed by atoms with Crippen molar-refractivity contribution >= 4 is 0 Å². The molecule has 0 aliphatic heterocycles. The van der Waals surface area contributed by atoms with Crippen LogP contribution in [0.5, 0.6) is 0 Å². The fraction of sp³-hybridized carbons (Fsp3) is 0.852. The lowest BCUT2D eigenvalue weighted by atomic mass is 9.29. The first-order chi connectivity index (χ1) is 11.6. The molecule has 3 aliphatic rings. The number of hydrogen-bond acceptors (Lipinski definition) is 0. The molecule has 0 saturated heterocycles. The van der Waals surface area contributed by atoms with Crippen LogP contribution in [0.25, 0.3) is 0 Å². The number of fused-ring (bicyclic) bond motifs is 4. The van der Waals surface area contributed by atoms with Gasteiger partial charge in [0.05, 0.1) is 0 Å². The normalized spacial score (nSPS) is 41.8. The summed E-state index contributed by atoms with van der Waals surface area (Å²) in [5, 5.41) is 0. The average molecular weight is 373 g/mol. The van der Waals surface area contributed by atoms with Crippen LogP contribution in [0.2, 0.25) is 0 Å². The van der Waals surface area contributed by atoms with Crippen LogP contribution >= 0.6 is 0 Å². The summed E-state index contributed by atoms with van der Waals surface area (Å²) in [5.74, 6) is 0. The number of allylic oxidation sites excluding steroid dienone is 4. The SMILES string of the molecule is CC1=C(C)C2(C)C(C)(C)/C(C)=C(/C)C(C)(C1(C)C)C(C)(C)C(C)(C)C2(C)C. The van der Waals surface area contributed by atoms with Gasteiger partial charge in [-0.1, -0.05) is 105 Å². The molecule has 0 nitrogen and oxygen atoms in total. The van der Waals surface area contributed by atoms with Gasteiger partial charge >= 0.3 is 0 Å². The van der Waals surface area contributed by atoms with Gasteiger partial charge < -0.3 is 0 Å². The minimum absolute atomic E-state index is 0.0647. The van der Waals surface area contributed by atoms with Crippen LogP contribution in [0.1, 0.15) is 111 Å². The van der Waals surface area contributed by atoms with E-state index in [9.17, 15) is 0 Å². The molecule has 0 heteroatoms. The van der Waals surface area contributed by atoms with E-state index in [0.29, 0.717) is 0 Å². The molecule has 0 heterocycles. The summed E-state index contributed by atoms with van der Waals surface area (Å²) in [7, 11) is 0. The Labute approximate surface area is 171 Å². The van der Waals surface area contributed by atoms with Crippen molar-refractivity contribution in [2.75, 3.05) is 0 Å². The summed E-state index contributed by atoms with van der Waals surface area (Å²) in [6.45, 7) is 40.3. The molecule has 0 amide bonds. The summed E-state index contributed by atoms with van der Waals surface area (Å²) in [6.07, 6.45) is 0. The molecule has 3 rings (SSSR count). The second-order valence-corrected chi connectivity index (χ2v) is 12.9. The lowest BCUT2D eigenvalue weighted by Crippen LogP contribution is -2.67. The molecule has 0 fully saturated rings. The van der Waals surface area contributed by atoms with Gasteiger partial charge in [-0.25, -0.2) is 0 Å². The van der Waals surface area contributed by atoms with E-state index in [1.165, 1.54) is 0 Å². The smallest absolute Gasteiger partial charge is 0.00283 e. The standard InChI is InChI=1S/C27H48/c1-17-19(3)26(15)22(7,8)18(2)20(4)27(16,21(17,5)6)25(13,14)23(9,10)24(26,11)12/h1-16H3/b19-17-,20-18?. The molecule has 27 heavy (non-hydrogen) atoms. The van der Waals surface area contributed by atoms with E-state index in [-0.39, 0.29) is 37.9 Å². The molecule has 0 radical (unpaired) electrons. The van der Waals surface area contributed by atoms with Crippen LogP contribution in [-0.2, 0) is 0 Å². The van der Waals surface area contributed by atoms with E-state index in [4.69, 9.17) is 0 Å². The van der Waals surface area contributed by atoms with E-state index in [2.05, 4.69) is 111 Å². The maximum Gasteiger partial charge on any atom is 0.00283 e. The molecule has 2 unspecified atom stereocenters. The van der Waals surface area contributed by atoms with Gasteiger partial charge in [-0.15, -0.1) is 0 Å². The minimum atomic E-state index is 0.0647. The van der Waals surface area contributed by atoms with Gasteiger partial charge in [-0.3, -0.25) is 0 Å². The Hall–Kier alpha value is -0.520. The first-order valence-corrected chi connectivity index (χ1v) is 11.0. The van der Waals surface area contributed by atoms with Crippen LogP contribution < -0.4 is 0 Å². The maximum atomic E-state index is 2.57. The van der Waals surface area contributed by atoms with E-state index in [0.717, 1.165) is 0 Å². The van der Waals surface area contributed by atoms with Crippen LogP contribution in [0.15, 0.2) is 22.3 Å². The predicted octanol–water partition coefficient (Wildman–Crippen LogP) is 8.83. The Morgan fingerprint density at radius 1 is 0.333 bits per heavy atom. The predicted molar refractivity (Wildman–Crippen MR) is 122 cm³/mol. The quantitative estimate of drug-likeness (QED) is 0.372. The van der Waals surface area contributed by atoms with E-state index in [1.807, 2.05) is 0 Å². The second kappa shape index (κ2) is 5.34. The van der Waals surface area contributed by atoms with Crippen LogP contribution in [0, 0.1) is 37.9 Å². The van der Waals surface area contributed by atoms with Crippen molar-refractivity contribution < 1.29 is 0 Å². The third-order valence-corrected chi connectivity index (χ3v) is 12.6. The zero-order valence-electron chi connectivity index (χ0n) is 21.5. The van der Waals surface area contributed by atoms with Crippen LogP contribution in [-0.4, -0.2) is 0 Å². The summed E-state index contributed by atoms with van der Waals surface area (Å²) in [5.41, 5.74) is 7.14. The Morgan fingerprint density at radius 3 is 0.778 bits per heavy atom. The first-order valence-electron chi connectivity index (χ1n) is 11.0. The molecular formula is C27H48. The third kappa shape index (κ3) is 1.92. The highest BCUT2D eigenvalue weighted by molar-refractivity contribution is 5.45. The highest BCUT2D eigenvalue weighted by Crippen LogP contribution is 2.78. The van der Waals surface area contributed by atoms with Crippen molar-refractivity contribution in [3.8, 4) is 0 Å². The minimum Gasteiger partial charge on any atom is -0.0673 e. The van der Waals surface area contributed by atoms with Crippen molar-refractivity contribution in [2.45, 2.75) is 111 Å². The number of rotatable bonds is 0. The molecule has 0 spiro atoms. The fourth-order valence-corrected chi connectivity index (χ4v) is 7.91. The van der Waals surface area contributed by atoms with Crippen LogP contribution in [0.3, 0.4) is 0 Å². The lowest BCUT2D eigenvalue weighted by molar-refractivity contribution is -0.191. The average Bonchev–Trinajstić information content (AvgIpc) is 2.54. The zero-order chi connectivity index (χ0) is 21.8. The summed E-state index contributed by atoms with van der Waals surface area (Å²) in [4.78, 5) is 0. The summed E-state index contributed by atoms with van der Waals surface area (Å²) < 4.78 is 0. The molecule has 0 N–H and O–H groups in total. The van der Waals surface area contributed by atoms with Gasteiger partial charge in [0.1, 0.15) is 0 Å². The van der Waals surface area contributed by atoms with Gasteiger partial charge in [-0.2, -0.15) is 0 Å². The molecule has 2 bridgehead atoms. The molecule has 0 aromatic carbocycles. The Morgan fingerprint density at radius 2 is 0.556 bits per heavy atom. The topological polar surface area (TPSA) is 0 Å². The van der Waals surface area contributed by atoms with Crippen molar-refractivity contribution in [1.82, 2.24) is 0 Å². The van der Waals surface area contributed by atoms with Gasteiger partial charge in [0.2, 0.25) is 0 Å². The van der Waals surface area contributed by atoms with Crippen molar-refractivity contribution in [3.05, 3.63) is 22.3 Å². The summed E-state index contributed by atoms with van der Waals surface area (Å²) >= 11 is 0. The maximum absolute atomic E-state index is 2.57. The highest BCUT2D eigenvalue weighted by atomic mass is 14.7. The largest absolute Gasteiger partial charge is 0.0673 e. The molecule has 2 atom stereocenters. The molecule has 0 aromatic rings. The van der Waals surface area contributed by atoms with Crippen LogP contribution in [0.4, 0.5) is 0 Å². The Kier molecular flexibility index (Phi) is 4.50. The Balaban J connectivity index is 3.36. The van der Waals surface area contributed by atoms with E-state index in [1.54, 1.807) is 22.3 Å². The highest BCUT2D eigenvalue weighted by Gasteiger charge is 2.71. The molecule has 156 valence electrons. The zero-order valence-corrected chi connectivity index (χ0v) is 21.5. The van der Waals surface area contributed by atoms with E-state index < -0.39 is 0 Å². The molecule has 3 aliphatic carbocycles. The third-order valence-electron chi connectivity index (χ3n) is 12.6. The van der Waals surface area contributed by atoms with Crippen molar-refractivity contribution in [3.63, 3.8) is 0 Å². The first kappa shape index (κ1) is 22.8. The lowest BCUT2D eigenvalue weighted by Gasteiger charge is -2.74. The molecular weight excluding hydrogens is 324 g/mol. The van der Waals surface area contributed by atoms with Crippen molar-refractivity contribution in [2.24, 2.45) is 37.9 Å². The van der Waals surface area contributed by atoms with Gasteiger partial charge in [0.15, 0.2) is 0 Å². The molecule has 0 aromatic heterocycles. The monoisotopic (exact) mass is 372 g/mol. The van der Waals surface area contributed by atoms with Gasteiger partial charge in [-0.05, 0) is 54.8 Å². The second-order valence-electron chi connectivity index (χ2n) is 12.9. The van der Waals surface area contributed by atoms with Gasteiger partial charge in [0, 0.05) is 10.8 Å². The Bertz CT molecular complexity index is 670. The fourth-order valence-electron chi connectivity index (χ4n) is 7.91. The summed E-state index contributed by atoms with van der Waals surface area (Å²) in [6, 6.07) is 0. The number of hydrogen-bond donors (Lipinski definition) is 0. The van der Waals surface area contributed by atoms with E-state index >= 15 is 0 Å². The van der Waals surface area contributed by atoms with Crippen molar-refractivity contribution in [1.29, 1.82) is 0 Å². The van der Waals surface area contributed by atoms with Gasteiger partial charge in [0.25, 0.3) is 0 Å². The molecule has 0 saturated carbocycles.